The molecule has 0 radical (unpaired) electrons. The van der Waals surface area contributed by atoms with Crippen molar-refractivity contribution in [1.29, 1.82) is 0 Å². The van der Waals surface area contributed by atoms with Gasteiger partial charge in [-0.25, -0.2) is 12.2 Å². The van der Waals surface area contributed by atoms with Crippen LogP contribution in [0.25, 0.3) is 43.8 Å². The first-order valence-corrected chi connectivity index (χ1v) is 14.5. The van der Waals surface area contributed by atoms with Gasteiger partial charge in [0.25, 0.3) is 0 Å². The molecular formula is C36H32Cl2Zr-2. The normalized spacial score (nSPS) is 13.5. The number of allylic oxidation sites excluding steroid dienone is 4. The molecular weight excluding hydrogens is 595 g/mol. The Balaban J connectivity index is 0.000000250. The largest absolute Gasteiger partial charge is 0.126 e. The van der Waals surface area contributed by atoms with Crippen LogP contribution in [0.1, 0.15) is 38.5 Å². The van der Waals surface area contributed by atoms with E-state index in [1.165, 1.54) is 75.9 Å². The van der Waals surface area contributed by atoms with Crippen molar-refractivity contribution >= 4 is 24.8 Å². The molecule has 0 aromatic heterocycles. The molecule has 5 aromatic carbocycles. The summed E-state index contributed by atoms with van der Waals surface area (Å²) in [5, 5.41) is 5.27. The van der Waals surface area contributed by atoms with Crippen LogP contribution in [0.15, 0.2) is 121 Å². The second-order valence-corrected chi connectivity index (χ2v) is 11.4. The van der Waals surface area contributed by atoms with Crippen molar-refractivity contribution < 1.29 is 49.0 Å². The molecule has 0 atom stereocenters. The first-order chi connectivity index (χ1) is 18.3. The number of benzene rings is 4. The summed E-state index contributed by atoms with van der Waals surface area (Å²) in [4.78, 5) is 0. The maximum Gasteiger partial charge on any atom is -0.0259 e. The number of hydrogen-bond donors (Lipinski definition) is 0. The fourth-order valence-electron chi connectivity index (χ4n) is 4.96. The zero-order valence-electron chi connectivity index (χ0n) is 22.0. The monoisotopic (exact) mass is 624 g/mol. The standard InChI is InChI=1S/C25H17.C6H10.C5H5.2ClH.Zr/c1-3-7-18(8-4-1)20-11-13-24-22(15-20)17-23-16-21(12-14-25(23)24)19-9-5-2-6-10-19;1-2-4-6-5-3-1;1-2-4-5-3-1;;;/h1-17H;1-5H2;1-3H,4H2;2*1H;/q-1;;-1;;;+2/p-2. The Kier molecular flexibility index (Phi) is 12.7. The SMILES string of the molecule is [C-]1=CC=CC1.[Cl-].[Cl-].[Zr+2]=[C]1CCCCC1.c1ccc(-c2ccc3c(c2)[cH-]c2cc(-c4ccccc4)ccc23)cc1. The summed E-state index contributed by atoms with van der Waals surface area (Å²) < 4.78 is 1.80. The van der Waals surface area contributed by atoms with Gasteiger partial charge in [0.15, 0.2) is 0 Å². The van der Waals surface area contributed by atoms with Crippen LogP contribution < -0.4 is 24.8 Å². The number of halogens is 2. The van der Waals surface area contributed by atoms with Gasteiger partial charge in [-0.15, -0.1) is 46.2 Å². The zero-order chi connectivity index (χ0) is 25.3. The van der Waals surface area contributed by atoms with Crippen LogP contribution in [0, 0.1) is 6.08 Å². The predicted molar refractivity (Wildman–Crippen MR) is 158 cm³/mol. The van der Waals surface area contributed by atoms with E-state index in [0.717, 1.165) is 6.42 Å². The van der Waals surface area contributed by atoms with Crippen molar-refractivity contribution in [3.05, 3.63) is 127 Å². The molecule has 2 aliphatic carbocycles. The summed E-state index contributed by atoms with van der Waals surface area (Å²) in [7, 11) is 0. The summed E-state index contributed by atoms with van der Waals surface area (Å²) in [5.74, 6) is 0. The van der Waals surface area contributed by atoms with E-state index in [1.54, 1.807) is 27.4 Å². The van der Waals surface area contributed by atoms with Gasteiger partial charge in [-0.3, -0.25) is 6.08 Å². The molecule has 3 heteroatoms. The molecule has 0 aliphatic heterocycles. The second kappa shape index (κ2) is 16.0. The molecule has 0 spiro atoms. The van der Waals surface area contributed by atoms with Gasteiger partial charge in [0, 0.05) is 0 Å². The minimum absolute atomic E-state index is 0. The average molecular weight is 627 g/mol. The number of fused-ring (bicyclic) bond motifs is 3. The van der Waals surface area contributed by atoms with Crippen LogP contribution >= 0.6 is 0 Å². The summed E-state index contributed by atoms with van der Waals surface area (Å²) in [6, 6.07) is 37.0. The van der Waals surface area contributed by atoms with Crippen molar-refractivity contribution in [2.24, 2.45) is 0 Å². The Labute approximate surface area is 260 Å². The molecule has 2 aliphatic rings. The Morgan fingerprint density at radius 3 is 1.46 bits per heavy atom. The van der Waals surface area contributed by atoms with E-state index in [9.17, 15) is 0 Å². The minimum atomic E-state index is 0. The molecule has 7 rings (SSSR count). The van der Waals surface area contributed by atoms with Crippen LogP contribution in [0.3, 0.4) is 0 Å². The molecule has 0 bridgehead atoms. The Morgan fingerprint density at radius 2 is 1.10 bits per heavy atom. The van der Waals surface area contributed by atoms with E-state index in [2.05, 4.69) is 115 Å². The van der Waals surface area contributed by atoms with Crippen LogP contribution in [0.4, 0.5) is 0 Å². The van der Waals surface area contributed by atoms with E-state index in [-0.39, 0.29) is 24.8 Å². The van der Waals surface area contributed by atoms with Gasteiger partial charge in [-0.2, -0.15) is 6.08 Å². The van der Waals surface area contributed by atoms with Crippen LogP contribution in [0.2, 0.25) is 0 Å². The van der Waals surface area contributed by atoms with E-state index in [1.807, 2.05) is 12.2 Å². The van der Waals surface area contributed by atoms with Gasteiger partial charge in [-0.1, -0.05) is 96.1 Å². The first kappa shape index (κ1) is 31.1. The summed E-state index contributed by atoms with van der Waals surface area (Å²) in [5.41, 5.74) is 5.07. The fraction of sp³-hybridized carbons (Fsp3) is 0.167. The molecule has 39 heavy (non-hydrogen) atoms. The quantitative estimate of drug-likeness (QED) is 0.260. The zero-order valence-corrected chi connectivity index (χ0v) is 26.0. The molecule has 0 nitrogen and oxygen atoms in total. The third-order valence-corrected chi connectivity index (χ3v) is 8.19. The van der Waals surface area contributed by atoms with Gasteiger partial charge in [-0.05, 0) is 11.1 Å². The molecule has 0 N–H and O–H groups in total. The van der Waals surface area contributed by atoms with E-state index >= 15 is 0 Å². The third kappa shape index (κ3) is 8.52. The summed E-state index contributed by atoms with van der Waals surface area (Å²) in [6.45, 7) is 0. The molecule has 1 saturated carbocycles. The van der Waals surface area contributed by atoms with Crippen molar-refractivity contribution in [1.82, 2.24) is 0 Å². The maximum atomic E-state index is 2.99. The predicted octanol–water partition coefficient (Wildman–Crippen LogP) is 4.03. The van der Waals surface area contributed by atoms with Crippen LogP contribution in [0.5, 0.6) is 0 Å². The Morgan fingerprint density at radius 1 is 0.590 bits per heavy atom. The van der Waals surface area contributed by atoms with Crippen molar-refractivity contribution in [2.45, 2.75) is 38.5 Å². The summed E-state index contributed by atoms with van der Waals surface area (Å²) in [6.07, 6.45) is 17.3. The summed E-state index contributed by atoms with van der Waals surface area (Å²) >= 11 is 1.69. The average Bonchev–Trinajstić information content (AvgIpc) is 3.66. The number of rotatable bonds is 2. The first-order valence-electron chi connectivity index (χ1n) is 13.3. The van der Waals surface area contributed by atoms with E-state index in [4.69, 9.17) is 0 Å². The maximum absolute atomic E-state index is 2.99. The van der Waals surface area contributed by atoms with Crippen molar-refractivity contribution in [2.75, 3.05) is 0 Å². The van der Waals surface area contributed by atoms with Gasteiger partial charge < -0.3 is 24.8 Å². The fourth-order valence-corrected chi connectivity index (χ4v) is 5.83. The smallest absolute Gasteiger partial charge is 0.0259 e. The topological polar surface area (TPSA) is 0 Å². The third-order valence-electron chi connectivity index (χ3n) is 6.96. The van der Waals surface area contributed by atoms with Gasteiger partial charge >= 0.3 is 59.5 Å². The van der Waals surface area contributed by atoms with Crippen LogP contribution in [-0.4, -0.2) is 3.21 Å². The molecule has 0 amide bonds. The van der Waals surface area contributed by atoms with Crippen molar-refractivity contribution in [3.63, 3.8) is 0 Å². The van der Waals surface area contributed by atoms with Crippen LogP contribution in [-0.2, 0) is 24.2 Å². The second-order valence-electron chi connectivity index (χ2n) is 9.65. The number of hydrogen-bond acceptors (Lipinski definition) is 0. The van der Waals surface area contributed by atoms with E-state index in [0.29, 0.717) is 0 Å². The van der Waals surface area contributed by atoms with Gasteiger partial charge in [0.1, 0.15) is 0 Å². The molecule has 1 fully saturated rings. The molecule has 0 saturated heterocycles. The molecule has 5 aromatic rings. The van der Waals surface area contributed by atoms with Gasteiger partial charge in [0.2, 0.25) is 0 Å². The van der Waals surface area contributed by atoms with Crippen molar-refractivity contribution in [3.8, 4) is 22.3 Å². The van der Waals surface area contributed by atoms with Gasteiger partial charge in [0.05, 0.1) is 0 Å². The molecule has 196 valence electrons. The minimum Gasteiger partial charge on any atom is -0.126 e. The molecule has 0 heterocycles. The molecule has 0 unspecified atom stereocenters. The Hall–Kier alpha value is -2.44. The Bertz CT molecular complexity index is 1420. The van der Waals surface area contributed by atoms with E-state index < -0.39 is 0 Å².